The Morgan fingerprint density at radius 1 is 0.949 bits per heavy atom. The summed E-state index contributed by atoms with van der Waals surface area (Å²) in [4.78, 5) is 11.3. The second kappa shape index (κ2) is 11.1. The zero-order valence-corrected chi connectivity index (χ0v) is 25.1. The summed E-state index contributed by atoms with van der Waals surface area (Å²) in [6.07, 6.45) is 12.1. The minimum atomic E-state index is -0.772. The maximum Gasteiger partial charge on any atom is 0.310 e. The van der Waals surface area contributed by atoms with E-state index >= 15 is 0 Å². The van der Waals surface area contributed by atoms with Gasteiger partial charge in [0.05, 0.1) is 18.1 Å². The monoisotopic (exact) mass is 538 g/mol. The van der Waals surface area contributed by atoms with Gasteiger partial charge in [-0.25, -0.2) is 0 Å². The number of hydrogen-bond acceptors (Lipinski definition) is 3. The number of benzene rings is 1. The first-order valence-electron chi connectivity index (χ1n) is 16.2. The largest absolute Gasteiger partial charge is 0.481 e. The van der Waals surface area contributed by atoms with Crippen LogP contribution < -0.4 is 0 Å². The molecule has 3 N–H and O–H groups in total. The van der Waals surface area contributed by atoms with Crippen molar-refractivity contribution in [3.05, 3.63) is 35.4 Å². The Balaban J connectivity index is 1.24. The van der Waals surface area contributed by atoms with Gasteiger partial charge in [0.1, 0.15) is 0 Å². The van der Waals surface area contributed by atoms with Gasteiger partial charge in [-0.1, -0.05) is 64.8 Å². The molecule has 4 heteroatoms. The quantitative estimate of drug-likeness (QED) is 0.321. The van der Waals surface area contributed by atoms with Crippen molar-refractivity contribution >= 4 is 5.97 Å². The van der Waals surface area contributed by atoms with Gasteiger partial charge in [0, 0.05) is 0 Å². The molecule has 4 nitrogen and oxygen atoms in total. The molecule has 4 saturated carbocycles. The molecular formula is C35H54O4. The second-order valence-electron chi connectivity index (χ2n) is 14.8. The normalized spacial score (nSPS) is 43.2. The second-order valence-corrected chi connectivity index (χ2v) is 14.8. The molecule has 0 bridgehead atoms. The fourth-order valence-corrected chi connectivity index (χ4v) is 10.9. The van der Waals surface area contributed by atoms with Crippen molar-refractivity contribution < 1.29 is 20.1 Å². The summed E-state index contributed by atoms with van der Waals surface area (Å²) in [5.74, 6) is 2.62. The number of aryl methyl sites for hydroxylation is 1. The fraction of sp³-hybridized carbons (Fsp3) is 0.800. The number of aliphatic hydroxyl groups is 2. The van der Waals surface area contributed by atoms with Crippen molar-refractivity contribution in [1.82, 2.24) is 0 Å². The van der Waals surface area contributed by atoms with E-state index in [9.17, 15) is 20.1 Å². The summed E-state index contributed by atoms with van der Waals surface area (Å²) in [7, 11) is 0. The van der Waals surface area contributed by atoms with Gasteiger partial charge in [0.15, 0.2) is 0 Å². The average molecular weight is 539 g/mol. The van der Waals surface area contributed by atoms with Gasteiger partial charge in [-0.05, 0) is 128 Å². The predicted molar refractivity (Wildman–Crippen MR) is 156 cm³/mol. The Kier molecular flexibility index (Phi) is 8.30. The third-order valence-corrected chi connectivity index (χ3v) is 13.1. The minimum Gasteiger partial charge on any atom is -0.481 e. The number of fused-ring (bicyclic) bond motifs is 5. The molecule has 12 atom stereocenters. The summed E-state index contributed by atoms with van der Waals surface area (Å²) >= 11 is 0. The Bertz CT molecular complexity index is 1000. The molecule has 1 aromatic rings. The molecule has 4 aliphatic carbocycles. The van der Waals surface area contributed by atoms with Crippen molar-refractivity contribution in [2.24, 2.45) is 52.3 Å². The Labute approximate surface area is 237 Å². The molecular weight excluding hydrogens is 484 g/mol. The van der Waals surface area contributed by atoms with Gasteiger partial charge >= 0.3 is 5.97 Å². The molecule has 4 fully saturated rings. The Morgan fingerprint density at radius 2 is 1.62 bits per heavy atom. The molecule has 0 heterocycles. The van der Waals surface area contributed by atoms with E-state index in [-0.39, 0.29) is 17.6 Å². The highest BCUT2D eigenvalue weighted by molar-refractivity contribution is 5.75. The van der Waals surface area contributed by atoms with Crippen LogP contribution in [0.25, 0.3) is 0 Å². The van der Waals surface area contributed by atoms with Crippen LogP contribution in [0.1, 0.15) is 116 Å². The lowest BCUT2D eigenvalue weighted by Crippen LogP contribution is -2.62. The van der Waals surface area contributed by atoms with Crippen LogP contribution >= 0.6 is 0 Å². The highest BCUT2D eigenvalue weighted by Gasteiger charge is 2.64. The van der Waals surface area contributed by atoms with Crippen LogP contribution in [-0.4, -0.2) is 33.5 Å². The summed E-state index contributed by atoms with van der Waals surface area (Å²) in [6.45, 7) is 11.6. The lowest BCUT2D eigenvalue weighted by Gasteiger charge is -2.64. The van der Waals surface area contributed by atoms with Gasteiger partial charge in [0.2, 0.25) is 0 Å². The molecule has 0 amide bonds. The lowest BCUT2D eigenvalue weighted by molar-refractivity contribution is -0.203. The molecule has 0 saturated heterocycles. The summed E-state index contributed by atoms with van der Waals surface area (Å²) in [5, 5.41) is 31.7. The van der Waals surface area contributed by atoms with Gasteiger partial charge in [-0.2, -0.15) is 0 Å². The number of hydrogen-bond donors (Lipinski definition) is 3. The molecule has 39 heavy (non-hydrogen) atoms. The maximum absolute atomic E-state index is 11.9. The molecule has 4 aliphatic rings. The third kappa shape index (κ3) is 5.00. The summed E-state index contributed by atoms with van der Waals surface area (Å²) in [5.41, 5.74) is 2.77. The van der Waals surface area contributed by atoms with Crippen molar-refractivity contribution in [1.29, 1.82) is 0 Å². The Morgan fingerprint density at radius 3 is 2.28 bits per heavy atom. The van der Waals surface area contributed by atoms with Crippen LogP contribution in [0.4, 0.5) is 0 Å². The number of carbonyl (C=O) groups is 1. The molecule has 218 valence electrons. The van der Waals surface area contributed by atoms with Crippen molar-refractivity contribution in [3.63, 3.8) is 0 Å². The topological polar surface area (TPSA) is 77.8 Å². The highest BCUT2D eigenvalue weighted by Crippen LogP contribution is 2.69. The number of aliphatic carboxylic acids is 1. The van der Waals surface area contributed by atoms with Crippen LogP contribution in [0.15, 0.2) is 24.3 Å². The number of carboxylic acid groups (broad SMARTS) is 1. The van der Waals surface area contributed by atoms with E-state index in [1.54, 1.807) is 6.92 Å². The number of aliphatic hydroxyl groups excluding tert-OH is 2. The van der Waals surface area contributed by atoms with E-state index in [1.165, 1.54) is 44.1 Å². The van der Waals surface area contributed by atoms with E-state index in [2.05, 4.69) is 39.8 Å². The van der Waals surface area contributed by atoms with Crippen molar-refractivity contribution in [2.75, 3.05) is 0 Å². The van der Waals surface area contributed by atoms with E-state index in [1.807, 2.05) is 12.1 Å². The SMILES string of the molecule is CC[C@H]1[C@@H](O)[C@@H]2[C@H](CC[C@]3(C)[C@@H]([C@H](C)CCCc4ccc(C(C)C(=O)O)cc4)CC[C@@H]23)[C@@]2(C)CC[C@@H](O)C[C@@H]12. The summed E-state index contributed by atoms with van der Waals surface area (Å²) in [6, 6.07) is 8.19. The molecule has 0 aromatic heterocycles. The molecule has 1 aromatic carbocycles. The van der Waals surface area contributed by atoms with E-state index < -0.39 is 11.9 Å². The van der Waals surface area contributed by atoms with Crippen LogP contribution in [0.3, 0.4) is 0 Å². The predicted octanol–water partition coefficient (Wildman–Crippen LogP) is 7.46. The van der Waals surface area contributed by atoms with Gasteiger partial charge < -0.3 is 15.3 Å². The van der Waals surface area contributed by atoms with E-state index in [0.29, 0.717) is 40.9 Å². The third-order valence-electron chi connectivity index (χ3n) is 13.1. The molecule has 0 radical (unpaired) electrons. The van der Waals surface area contributed by atoms with Crippen LogP contribution in [-0.2, 0) is 11.2 Å². The van der Waals surface area contributed by atoms with Gasteiger partial charge in [-0.3, -0.25) is 4.79 Å². The van der Waals surface area contributed by atoms with Gasteiger partial charge in [-0.15, -0.1) is 0 Å². The van der Waals surface area contributed by atoms with E-state index in [4.69, 9.17) is 0 Å². The average Bonchev–Trinajstić information content (AvgIpc) is 3.27. The zero-order chi connectivity index (χ0) is 28.1. The van der Waals surface area contributed by atoms with Gasteiger partial charge in [0.25, 0.3) is 0 Å². The lowest BCUT2D eigenvalue weighted by atomic mass is 9.41. The number of carboxylic acids is 1. The number of rotatable bonds is 8. The first-order chi connectivity index (χ1) is 18.5. The standard InChI is InChI=1S/C35H54O4/c1-6-26-30-20-25(36)16-18-35(30,5)29-17-19-34(4)27(14-15-28(34)31(29)32(26)37)21(2)8-7-9-23-10-12-24(13-11-23)22(3)33(38)39/h10-13,21-22,25-32,36-37H,6-9,14-20H2,1-5H3,(H,38,39)/t21-,22?,25-,26-,27-,28+,29+,30+,31+,32-,34-,35-/m1/s1. The van der Waals surface area contributed by atoms with Crippen molar-refractivity contribution in [3.8, 4) is 0 Å². The zero-order valence-electron chi connectivity index (χ0n) is 25.1. The van der Waals surface area contributed by atoms with Crippen LogP contribution in [0.5, 0.6) is 0 Å². The minimum absolute atomic E-state index is 0.183. The fourth-order valence-electron chi connectivity index (χ4n) is 10.9. The Hall–Kier alpha value is -1.39. The smallest absolute Gasteiger partial charge is 0.310 e. The van der Waals surface area contributed by atoms with E-state index in [0.717, 1.165) is 43.6 Å². The van der Waals surface area contributed by atoms with Crippen LogP contribution in [0, 0.1) is 52.3 Å². The first-order valence-corrected chi connectivity index (χ1v) is 16.2. The summed E-state index contributed by atoms with van der Waals surface area (Å²) < 4.78 is 0. The molecule has 5 rings (SSSR count). The van der Waals surface area contributed by atoms with Crippen molar-refractivity contribution in [2.45, 2.75) is 123 Å². The molecule has 0 spiro atoms. The van der Waals surface area contributed by atoms with Crippen LogP contribution in [0.2, 0.25) is 0 Å². The maximum atomic E-state index is 11.9. The highest BCUT2D eigenvalue weighted by atomic mass is 16.4. The molecule has 1 unspecified atom stereocenters. The first kappa shape index (κ1) is 29.1. The molecule has 0 aliphatic heterocycles.